The van der Waals surface area contributed by atoms with Gasteiger partial charge in [0.25, 0.3) is 5.91 Å². The maximum Gasteiger partial charge on any atom is 0.256 e. The predicted octanol–water partition coefficient (Wildman–Crippen LogP) is 2.26. The van der Waals surface area contributed by atoms with Gasteiger partial charge in [0.2, 0.25) is 0 Å². The smallest absolute Gasteiger partial charge is 0.256 e. The molecule has 0 saturated carbocycles. The highest BCUT2D eigenvalue weighted by Gasteiger charge is 2.48. The van der Waals surface area contributed by atoms with Crippen molar-refractivity contribution in [1.29, 1.82) is 0 Å². The van der Waals surface area contributed by atoms with Crippen molar-refractivity contribution in [2.24, 2.45) is 11.3 Å². The Kier molecular flexibility index (Phi) is 4.69. The molecule has 3 rings (SSSR count). The molecule has 2 aliphatic heterocycles. The van der Waals surface area contributed by atoms with E-state index in [9.17, 15) is 9.18 Å². The molecule has 23 heavy (non-hydrogen) atoms. The van der Waals surface area contributed by atoms with E-state index in [-0.39, 0.29) is 16.9 Å². The summed E-state index contributed by atoms with van der Waals surface area (Å²) in [4.78, 5) is 16.8. The minimum atomic E-state index is -0.436. The standard InChI is InChI=1S/C18H25FN2O2/c1-20(2)11-14-12-21(13-18(14)7-9-23-10-8-18)17(22)15-5-3-4-6-16(15)19/h3-6,14H,7-13H2,1-2H3/t14-/m1/s1. The van der Waals surface area contributed by atoms with Crippen LogP contribution in [0.1, 0.15) is 23.2 Å². The molecule has 1 amide bonds. The van der Waals surface area contributed by atoms with E-state index in [0.717, 1.165) is 32.6 Å². The zero-order valence-electron chi connectivity index (χ0n) is 13.9. The average Bonchev–Trinajstić information content (AvgIpc) is 2.85. The number of ether oxygens (including phenoxy) is 1. The van der Waals surface area contributed by atoms with Crippen LogP contribution in [0, 0.1) is 17.2 Å². The third-order valence-corrected chi connectivity index (χ3v) is 5.28. The summed E-state index contributed by atoms with van der Waals surface area (Å²) in [6.45, 7) is 3.87. The van der Waals surface area contributed by atoms with E-state index in [1.807, 2.05) is 4.90 Å². The van der Waals surface area contributed by atoms with E-state index in [2.05, 4.69) is 19.0 Å². The Bertz CT molecular complexity index is 570. The maximum absolute atomic E-state index is 14.0. The molecular formula is C18H25FN2O2. The molecule has 1 atom stereocenters. The lowest BCUT2D eigenvalue weighted by Gasteiger charge is -2.38. The molecule has 2 fully saturated rings. The summed E-state index contributed by atoms with van der Waals surface area (Å²) < 4.78 is 19.5. The molecule has 1 aromatic carbocycles. The topological polar surface area (TPSA) is 32.8 Å². The van der Waals surface area contributed by atoms with Gasteiger partial charge in [0.05, 0.1) is 5.56 Å². The molecule has 2 heterocycles. The molecule has 5 heteroatoms. The van der Waals surface area contributed by atoms with Gasteiger partial charge in [-0.25, -0.2) is 4.39 Å². The lowest BCUT2D eigenvalue weighted by molar-refractivity contribution is -0.00453. The van der Waals surface area contributed by atoms with Crippen molar-refractivity contribution in [3.8, 4) is 0 Å². The number of carbonyl (C=O) groups excluding carboxylic acids is 1. The summed E-state index contributed by atoms with van der Waals surface area (Å²) in [7, 11) is 4.13. The van der Waals surface area contributed by atoms with Crippen molar-refractivity contribution in [2.45, 2.75) is 12.8 Å². The number of benzene rings is 1. The molecule has 0 aliphatic carbocycles. The zero-order chi connectivity index (χ0) is 16.4. The number of rotatable bonds is 3. The van der Waals surface area contributed by atoms with Crippen LogP contribution in [0.25, 0.3) is 0 Å². The third kappa shape index (κ3) is 3.26. The minimum Gasteiger partial charge on any atom is -0.381 e. The maximum atomic E-state index is 14.0. The van der Waals surface area contributed by atoms with Crippen LogP contribution in [-0.2, 0) is 4.74 Å². The molecule has 0 bridgehead atoms. The molecule has 2 aliphatic rings. The van der Waals surface area contributed by atoms with Gasteiger partial charge >= 0.3 is 0 Å². The lowest BCUT2D eigenvalue weighted by atomic mass is 9.72. The van der Waals surface area contributed by atoms with Crippen LogP contribution >= 0.6 is 0 Å². The minimum absolute atomic E-state index is 0.115. The van der Waals surface area contributed by atoms with Crippen molar-refractivity contribution in [1.82, 2.24) is 9.80 Å². The van der Waals surface area contributed by atoms with Crippen LogP contribution in [0.5, 0.6) is 0 Å². The van der Waals surface area contributed by atoms with Gasteiger partial charge in [-0.1, -0.05) is 12.1 Å². The Labute approximate surface area is 137 Å². The summed E-state index contributed by atoms with van der Waals surface area (Å²) in [6, 6.07) is 6.26. The average molecular weight is 320 g/mol. The van der Waals surface area contributed by atoms with Gasteiger partial charge in [-0.3, -0.25) is 4.79 Å². The van der Waals surface area contributed by atoms with E-state index in [1.165, 1.54) is 6.07 Å². The number of halogens is 1. The summed E-state index contributed by atoms with van der Waals surface area (Å²) in [6.07, 6.45) is 1.96. The fraction of sp³-hybridized carbons (Fsp3) is 0.611. The number of nitrogens with zero attached hydrogens (tertiary/aromatic N) is 2. The summed E-state index contributed by atoms with van der Waals surface area (Å²) >= 11 is 0. The number of amides is 1. The summed E-state index contributed by atoms with van der Waals surface area (Å²) in [5.41, 5.74) is 0.295. The Morgan fingerprint density at radius 3 is 2.70 bits per heavy atom. The number of carbonyl (C=O) groups is 1. The van der Waals surface area contributed by atoms with E-state index in [1.54, 1.807) is 18.2 Å². The second-order valence-electron chi connectivity index (χ2n) is 7.10. The monoisotopic (exact) mass is 320 g/mol. The Morgan fingerprint density at radius 1 is 1.35 bits per heavy atom. The van der Waals surface area contributed by atoms with E-state index in [4.69, 9.17) is 4.74 Å². The van der Waals surface area contributed by atoms with Gasteiger partial charge < -0.3 is 14.5 Å². The van der Waals surface area contributed by atoms with Gasteiger partial charge in [0, 0.05) is 32.8 Å². The van der Waals surface area contributed by atoms with Crippen molar-refractivity contribution < 1.29 is 13.9 Å². The van der Waals surface area contributed by atoms with Crippen LogP contribution in [0.15, 0.2) is 24.3 Å². The highest BCUT2D eigenvalue weighted by molar-refractivity contribution is 5.94. The fourth-order valence-electron chi connectivity index (χ4n) is 4.03. The largest absolute Gasteiger partial charge is 0.381 e. The van der Waals surface area contributed by atoms with Gasteiger partial charge in [-0.05, 0) is 50.4 Å². The van der Waals surface area contributed by atoms with E-state index >= 15 is 0 Å². The first-order valence-electron chi connectivity index (χ1n) is 8.28. The third-order valence-electron chi connectivity index (χ3n) is 5.28. The van der Waals surface area contributed by atoms with Crippen LogP contribution < -0.4 is 0 Å². The Hall–Kier alpha value is -1.46. The number of hydrogen-bond donors (Lipinski definition) is 0. The predicted molar refractivity (Wildman–Crippen MR) is 86.8 cm³/mol. The van der Waals surface area contributed by atoms with Gasteiger partial charge in [-0.2, -0.15) is 0 Å². The SMILES string of the molecule is CN(C)C[C@@H]1CN(C(=O)c2ccccc2F)CC12CCOCC2. The van der Waals surface area contributed by atoms with Crippen LogP contribution in [0.4, 0.5) is 4.39 Å². The van der Waals surface area contributed by atoms with E-state index < -0.39 is 5.82 Å². The van der Waals surface area contributed by atoms with Crippen LogP contribution in [0.3, 0.4) is 0 Å². The second-order valence-corrected chi connectivity index (χ2v) is 7.10. The molecule has 1 aromatic rings. The second kappa shape index (κ2) is 6.57. The first-order chi connectivity index (χ1) is 11.0. The van der Waals surface area contributed by atoms with Crippen LogP contribution in [0.2, 0.25) is 0 Å². The van der Waals surface area contributed by atoms with Gasteiger partial charge in [-0.15, -0.1) is 0 Å². The molecule has 0 radical (unpaired) electrons. The summed E-state index contributed by atoms with van der Waals surface area (Å²) in [5, 5.41) is 0. The molecule has 126 valence electrons. The highest BCUT2D eigenvalue weighted by Crippen LogP contribution is 2.44. The molecule has 0 unspecified atom stereocenters. The number of likely N-dealkylation sites (tertiary alicyclic amines) is 1. The Balaban J connectivity index is 1.82. The van der Waals surface area contributed by atoms with Crippen molar-refractivity contribution >= 4 is 5.91 Å². The van der Waals surface area contributed by atoms with E-state index in [0.29, 0.717) is 19.0 Å². The lowest BCUT2D eigenvalue weighted by Crippen LogP contribution is -2.40. The van der Waals surface area contributed by atoms with Crippen molar-refractivity contribution in [2.75, 3.05) is 46.9 Å². The first-order valence-corrected chi connectivity index (χ1v) is 8.28. The summed E-state index contributed by atoms with van der Waals surface area (Å²) in [5.74, 6) is -0.207. The fourth-order valence-corrected chi connectivity index (χ4v) is 4.03. The van der Waals surface area contributed by atoms with Gasteiger partial charge in [0.15, 0.2) is 0 Å². The quantitative estimate of drug-likeness (QED) is 0.856. The molecule has 2 saturated heterocycles. The molecule has 0 N–H and O–H groups in total. The molecule has 4 nitrogen and oxygen atoms in total. The number of hydrogen-bond acceptors (Lipinski definition) is 3. The normalized spacial score (nSPS) is 23.7. The molecule has 0 aromatic heterocycles. The Morgan fingerprint density at radius 2 is 2.04 bits per heavy atom. The zero-order valence-corrected chi connectivity index (χ0v) is 13.9. The van der Waals surface area contributed by atoms with Crippen molar-refractivity contribution in [3.05, 3.63) is 35.6 Å². The first kappa shape index (κ1) is 16.4. The van der Waals surface area contributed by atoms with Crippen molar-refractivity contribution in [3.63, 3.8) is 0 Å². The highest BCUT2D eigenvalue weighted by atomic mass is 19.1. The molecular weight excluding hydrogens is 295 g/mol. The molecule has 1 spiro atoms. The van der Waals surface area contributed by atoms with Gasteiger partial charge in [0.1, 0.15) is 5.82 Å². The van der Waals surface area contributed by atoms with Crippen LogP contribution in [-0.4, -0.2) is 62.7 Å².